The fourth-order valence-corrected chi connectivity index (χ4v) is 18.7. The zero-order valence-electron chi connectivity index (χ0n) is 65.5. The van der Waals surface area contributed by atoms with Crippen LogP contribution in [0.15, 0.2) is 241 Å². The second-order valence-electron chi connectivity index (χ2n) is 31.9. The van der Waals surface area contributed by atoms with Gasteiger partial charge >= 0.3 is 0 Å². The van der Waals surface area contributed by atoms with Gasteiger partial charge in [-0.1, -0.05) is 364 Å². The van der Waals surface area contributed by atoms with Gasteiger partial charge in [0.25, 0.3) is 0 Å². The van der Waals surface area contributed by atoms with E-state index in [2.05, 4.69) is 283 Å². The van der Waals surface area contributed by atoms with E-state index in [1.165, 1.54) is 260 Å². The van der Waals surface area contributed by atoms with Crippen molar-refractivity contribution in [1.29, 1.82) is 0 Å². The van der Waals surface area contributed by atoms with Gasteiger partial charge in [0, 0.05) is 32.7 Å². The van der Waals surface area contributed by atoms with Crippen LogP contribution in [0.1, 0.15) is 252 Å². The third kappa shape index (κ3) is 16.4. The number of fused-ring (bicyclic) bond motifs is 9. The molecule has 0 amide bonds. The lowest BCUT2D eigenvalue weighted by Crippen LogP contribution is -2.27. The smallest absolute Gasteiger partial charge is 0.130 e. The first-order valence-corrected chi connectivity index (χ1v) is 42.4. The van der Waals surface area contributed by atoms with E-state index < -0.39 is 0 Å². The third-order valence-corrected chi connectivity index (χ3v) is 24.6. The van der Waals surface area contributed by atoms with Crippen molar-refractivity contribution in [2.45, 2.75) is 218 Å². The molecule has 0 unspecified atom stereocenters. The largest absolute Gasteiger partial charge is 0.259 e. The summed E-state index contributed by atoms with van der Waals surface area (Å²) in [5.41, 5.74) is 29.7. The molecule has 15 rings (SSSR count). The summed E-state index contributed by atoms with van der Waals surface area (Å²) < 4.78 is 0. The van der Waals surface area contributed by atoms with E-state index in [9.17, 15) is 0 Å². The molecule has 4 heteroatoms. The van der Waals surface area contributed by atoms with Gasteiger partial charge in [0.15, 0.2) is 0 Å². The predicted octanol–water partition coefficient (Wildman–Crippen LogP) is 29.2. The van der Waals surface area contributed by atoms with Gasteiger partial charge in [-0.05, 0) is 199 Å². The van der Waals surface area contributed by atoms with Crippen LogP contribution in [-0.4, -0.2) is 16.6 Å². The summed E-state index contributed by atoms with van der Waals surface area (Å²) in [4.78, 5) is 20.9. The molecule has 0 atom stereocenters. The van der Waals surface area contributed by atoms with Crippen LogP contribution in [0, 0.1) is 0 Å². The monoisotopic (exact) mass is 1430 g/mol. The Bertz CT molecular complexity index is 5290. The molecule has 0 fully saturated rings. The van der Waals surface area contributed by atoms with Crippen molar-refractivity contribution in [3.8, 4) is 77.9 Å². The number of pyridine rings is 2. The van der Waals surface area contributed by atoms with Gasteiger partial charge in [0.1, 0.15) is 6.67 Å². The molecule has 0 radical (unpaired) electrons. The van der Waals surface area contributed by atoms with Crippen molar-refractivity contribution >= 4 is 46.1 Å². The van der Waals surface area contributed by atoms with E-state index in [1.807, 2.05) is 0 Å². The SMILES string of the molecule is CCCCCCCCC1(CCCCCCCC)c2cc(-c3ccccc3)ccc2-c2ccc(-c3cc(/C=C/c4ccc5ccccc5n4)c(-c4ccc5c(c4)C(CCCCCCCC)(CCCCCCCC)c4cc(-c6ccc(-c7ccccc7)c7c6=NCN=7)ccc4-5)cc3/C=C/c3ccc4ccccc4n3)cc21. The molecule has 2 aliphatic carbocycles. The van der Waals surface area contributed by atoms with Crippen molar-refractivity contribution < 1.29 is 0 Å². The van der Waals surface area contributed by atoms with Crippen molar-refractivity contribution in [3.63, 3.8) is 0 Å². The fourth-order valence-electron chi connectivity index (χ4n) is 18.7. The third-order valence-electron chi connectivity index (χ3n) is 24.6. The number of hydrogen-bond donors (Lipinski definition) is 0. The highest BCUT2D eigenvalue weighted by Crippen LogP contribution is 2.58. The van der Waals surface area contributed by atoms with E-state index in [-0.39, 0.29) is 10.8 Å². The topological polar surface area (TPSA) is 50.5 Å². The lowest BCUT2D eigenvalue weighted by atomic mass is 9.69. The Balaban J connectivity index is 0.926. The molecule has 2 aromatic heterocycles. The van der Waals surface area contributed by atoms with Gasteiger partial charge in [0.2, 0.25) is 0 Å². The van der Waals surface area contributed by atoms with E-state index in [1.54, 1.807) is 0 Å². The average Bonchev–Trinajstić information content (AvgIpc) is 1.57. The van der Waals surface area contributed by atoms with Crippen LogP contribution in [-0.2, 0) is 10.8 Å². The molecule has 3 aliphatic rings. The molecule has 0 saturated carbocycles. The maximum absolute atomic E-state index is 5.31. The van der Waals surface area contributed by atoms with Gasteiger partial charge in [-0.3, -0.25) is 9.98 Å². The first-order chi connectivity index (χ1) is 53.9. The Morgan fingerprint density at radius 3 is 0.982 bits per heavy atom. The quantitative estimate of drug-likeness (QED) is 0.0364. The first kappa shape index (κ1) is 74.6. The molecule has 0 saturated heterocycles. The molecule has 10 aromatic carbocycles. The molecular formula is C105H112N4. The maximum atomic E-state index is 5.31. The van der Waals surface area contributed by atoms with E-state index in [4.69, 9.17) is 20.0 Å². The van der Waals surface area contributed by atoms with Gasteiger partial charge in [-0.25, -0.2) is 9.97 Å². The molecule has 1 aliphatic heterocycles. The van der Waals surface area contributed by atoms with Crippen LogP contribution >= 0.6 is 0 Å². The second-order valence-corrected chi connectivity index (χ2v) is 31.9. The maximum Gasteiger partial charge on any atom is 0.130 e. The molecular weight excluding hydrogens is 1320 g/mol. The molecule has 552 valence electrons. The minimum Gasteiger partial charge on any atom is -0.259 e. The Hall–Kier alpha value is -9.90. The summed E-state index contributed by atoms with van der Waals surface area (Å²) in [6.07, 6.45) is 44.1. The number of rotatable bonds is 37. The number of unbranched alkanes of at least 4 members (excludes halogenated alkanes) is 20. The first-order valence-electron chi connectivity index (χ1n) is 42.4. The predicted molar refractivity (Wildman–Crippen MR) is 467 cm³/mol. The molecule has 0 spiro atoms. The summed E-state index contributed by atoms with van der Waals surface area (Å²) >= 11 is 0. The molecule has 0 bridgehead atoms. The lowest BCUT2D eigenvalue weighted by Gasteiger charge is -2.34. The van der Waals surface area contributed by atoms with Crippen LogP contribution in [0.5, 0.6) is 0 Å². The van der Waals surface area contributed by atoms with Crippen LogP contribution in [0.2, 0.25) is 0 Å². The number of benzene rings is 10. The van der Waals surface area contributed by atoms with E-state index in [0.717, 1.165) is 75.2 Å². The zero-order valence-corrected chi connectivity index (χ0v) is 65.5. The molecule has 0 N–H and O–H groups in total. The highest BCUT2D eigenvalue weighted by atomic mass is 15.0. The normalized spacial score (nSPS) is 13.6. The van der Waals surface area contributed by atoms with Gasteiger partial charge < -0.3 is 0 Å². The Morgan fingerprint density at radius 2 is 0.578 bits per heavy atom. The minimum absolute atomic E-state index is 0.144. The van der Waals surface area contributed by atoms with E-state index in [0.29, 0.717) is 6.67 Å². The highest BCUT2D eigenvalue weighted by molar-refractivity contribution is 5.95. The summed E-state index contributed by atoms with van der Waals surface area (Å²) in [7, 11) is 0. The fraction of sp³-hybridized carbons (Fsp3) is 0.333. The number of hydrogen-bond acceptors (Lipinski definition) is 4. The summed E-state index contributed by atoms with van der Waals surface area (Å²) in [5.74, 6) is 0. The van der Waals surface area contributed by atoms with Gasteiger partial charge in [0.05, 0.1) is 33.1 Å². The second kappa shape index (κ2) is 35.6. The molecule has 3 heterocycles. The van der Waals surface area contributed by atoms with Crippen molar-refractivity contribution in [3.05, 3.63) is 286 Å². The Kier molecular flexibility index (Phi) is 24.4. The van der Waals surface area contributed by atoms with Crippen LogP contribution in [0.3, 0.4) is 0 Å². The van der Waals surface area contributed by atoms with E-state index >= 15 is 0 Å². The van der Waals surface area contributed by atoms with Gasteiger partial charge in [-0.2, -0.15) is 0 Å². The van der Waals surface area contributed by atoms with Crippen molar-refractivity contribution in [2.24, 2.45) is 9.98 Å². The Morgan fingerprint density at radius 1 is 0.257 bits per heavy atom. The summed E-state index contributed by atoms with van der Waals surface area (Å²) in [6, 6.07) is 87.8. The van der Waals surface area contributed by atoms with Crippen molar-refractivity contribution in [1.82, 2.24) is 9.97 Å². The van der Waals surface area contributed by atoms with Gasteiger partial charge in [-0.15, -0.1) is 0 Å². The van der Waals surface area contributed by atoms with Crippen LogP contribution in [0.4, 0.5) is 0 Å². The lowest BCUT2D eigenvalue weighted by molar-refractivity contribution is 0.398. The number of aromatic nitrogens is 2. The molecule has 109 heavy (non-hydrogen) atoms. The van der Waals surface area contributed by atoms with Crippen LogP contribution in [0.25, 0.3) is 124 Å². The molecule has 12 aromatic rings. The summed E-state index contributed by atoms with van der Waals surface area (Å²) in [6.45, 7) is 9.81. The summed E-state index contributed by atoms with van der Waals surface area (Å²) in [5, 5.41) is 4.32. The minimum atomic E-state index is -0.211. The number of nitrogens with zero attached hydrogens (tertiary/aromatic N) is 4. The number of para-hydroxylation sites is 2. The highest BCUT2D eigenvalue weighted by Gasteiger charge is 2.45. The average molecular weight is 1430 g/mol. The van der Waals surface area contributed by atoms with Crippen LogP contribution < -0.4 is 10.7 Å². The van der Waals surface area contributed by atoms with Crippen molar-refractivity contribution in [2.75, 3.05) is 6.67 Å². The standard InChI is InChI=1S/C105H112N4/c1-5-9-13-17-21-35-65-104(66-36-22-18-14-10-6-2)96-71-80(76-39-27-25-28-40-76)51-59-90(96)92-61-53-84(73-98(92)104)94-69-82(50-58-87-56-48-79-44-32-34-46-101(79)109-87)95(70-81(94)49-57-86-55-47-78-43-31-33-45-100(78)108-86)85-54-62-93-91-60-52-83(89-64-63-88(77-41-29-26-30-42-77)102-103(89)107-75-106-102)72-97(91)105(99(93)74-85,67-37-23-19-15-11-7-3)68-38-24-20-16-12-8-4/h25-34,39-64,69-74H,5-24,35-38,65-68,75H2,1-4H3/b57-49+,58-50+. The Labute approximate surface area is 650 Å². The zero-order chi connectivity index (χ0) is 74.2. The molecule has 4 nitrogen and oxygen atoms in total.